The fraction of sp³-hybridized carbons (Fsp3) is 0.0833. The second kappa shape index (κ2) is 3.80. The maximum absolute atomic E-state index is 8.85. The smallest absolute Gasteiger partial charge is 0.108 e. The SMILES string of the molecule is N#Cc1c[c]ccc1Cc1ccco1. The lowest BCUT2D eigenvalue weighted by Crippen LogP contribution is -1.90. The van der Waals surface area contributed by atoms with Crippen LogP contribution in [0.4, 0.5) is 0 Å². The van der Waals surface area contributed by atoms with Crippen molar-refractivity contribution < 1.29 is 4.42 Å². The minimum atomic E-state index is 0.656. The first-order valence-electron chi connectivity index (χ1n) is 4.31. The lowest BCUT2D eigenvalue weighted by molar-refractivity contribution is 0.521. The van der Waals surface area contributed by atoms with Crippen LogP contribution in [0.15, 0.2) is 41.0 Å². The van der Waals surface area contributed by atoms with Gasteiger partial charge in [0.15, 0.2) is 0 Å². The van der Waals surface area contributed by atoms with Crippen molar-refractivity contribution in [2.24, 2.45) is 0 Å². The van der Waals surface area contributed by atoms with Gasteiger partial charge in [-0.25, -0.2) is 0 Å². The van der Waals surface area contributed by atoms with Gasteiger partial charge in [-0.15, -0.1) is 0 Å². The molecule has 0 N–H and O–H groups in total. The Labute approximate surface area is 82.4 Å². The molecule has 2 rings (SSSR count). The van der Waals surface area contributed by atoms with Crippen molar-refractivity contribution in [1.82, 2.24) is 0 Å². The van der Waals surface area contributed by atoms with Crippen LogP contribution >= 0.6 is 0 Å². The molecule has 2 nitrogen and oxygen atoms in total. The summed E-state index contributed by atoms with van der Waals surface area (Å²) >= 11 is 0. The van der Waals surface area contributed by atoms with Gasteiger partial charge in [-0.2, -0.15) is 5.26 Å². The van der Waals surface area contributed by atoms with Gasteiger partial charge < -0.3 is 4.42 Å². The van der Waals surface area contributed by atoms with E-state index in [-0.39, 0.29) is 0 Å². The summed E-state index contributed by atoms with van der Waals surface area (Å²) in [4.78, 5) is 0. The molecule has 67 valence electrons. The first kappa shape index (κ1) is 8.58. The molecule has 0 bridgehead atoms. The molecule has 0 saturated heterocycles. The van der Waals surface area contributed by atoms with Crippen LogP contribution in [-0.2, 0) is 6.42 Å². The molecule has 0 unspecified atom stereocenters. The lowest BCUT2D eigenvalue weighted by atomic mass is 10.0. The molecule has 0 aliphatic carbocycles. The summed E-state index contributed by atoms with van der Waals surface area (Å²) in [7, 11) is 0. The van der Waals surface area contributed by atoms with Crippen LogP contribution in [0.5, 0.6) is 0 Å². The summed E-state index contributed by atoms with van der Waals surface area (Å²) in [5.74, 6) is 0.868. The van der Waals surface area contributed by atoms with Crippen LogP contribution in [0.3, 0.4) is 0 Å². The third-order valence-corrected chi connectivity index (χ3v) is 2.02. The Hall–Kier alpha value is -2.01. The molecular weight excluding hydrogens is 174 g/mol. The van der Waals surface area contributed by atoms with Gasteiger partial charge in [-0.1, -0.05) is 12.1 Å². The van der Waals surface area contributed by atoms with Gasteiger partial charge in [0.25, 0.3) is 0 Å². The summed E-state index contributed by atoms with van der Waals surface area (Å²) in [5, 5.41) is 8.85. The van der Waals surface area contributed by atoms with Crippen molar-refractivity contribution in [2.75, 3.05) is 0 Å². The van der Waals surface area contributed by atoms with E-state index in [1.54, 1.807) is 18.4 Å². The summed E-state index contributed by atoms with van der Waals surface area (Å²) in [6.45, 7) is 0. The first-order chi connectivity index (χ1) is 6.90. The number of hydrogen-bond acceptors (Lipinski definition) is 2. The molecule has 1 radical (unpaired) electrons. The van der Waals surface area contributed by atoms with E-state index < -0.39 is 0 Å². The molecule has 14 heavy (non-hydrogen) atoms. The number of nitrogens with zero attached hydrogens (tertiary/aromatic N) is 1. The summed E-state index contributed by atoms with van der Waals surface area (Å²) in [6.07, 6.45) is 2.29. The molecule has 1 aromatic carbocycles. The third kappa shape index (κ3) is 1.67. The number of hydrogen-bond donors (Lipinski definition) is 0. The van der Waals surface area contributed by atoms with Gasteiger partial charge >= 0.3 is 0 Å². The number of benzene rings is 1. The van der Waals surface area contributed by atoms with Gasteiger partial charge in [0.05, 0.1) is 17.9 Å². The van der Waals surface area contributed by atoms with Crippen molar-refractivity contribution in [1.29, 1.82) is 5.26 Å². The van der Waals surface area contributed by atoms with E-state index in [4.69, 9.17) is 9.68 Å². The van der Waals surface area contributed by atoms with E-state index in [2.05, 4.69) is 12.1 Å². The van der Waals surface area contributed by atoms with Gasteiger partial charge in [0.1, 0.15) is 5.76 Å². The highest BCUT2D eigenvalue weighted by molar-refractivity contribution is 5.38. The molecule has 2 heteroatoms. The molecular formula is C12H8NO. The average molecular weight is 182 g/mol. The molecule has 0 aliphatic heterocycles. The normalized spacial score (nSPS) is 9.64. The van der Waals surface area contributed by atoms with Gasteiger partial charge in [0.2, 0.25) is 0 Å². The van der Waals surface area contributed by atoms with Crippen molar-refractivity contribution >= 4 is 0 Å². The Morgan fingerprint density at radius 2 is 2.36 bits per heavy atom. The Bertz CT molecular complexity index is 451. The molecule has 0 fully saturated rings. The van der Waals surface area contributed by atoms with Crippen molar-refractivity contribution in [3.8, 4) is 6.07 Å². The summed E-state index contributed by atoms with van der Waals surface area (Å²) in [6, 6.07) is 14.1. The standard InChI is InChI=1S/C12H8NO/c13-9-11-5-2-1-4-10(11)8-12-6-3-7-14-12/h1,3-7H,8H2. The number of nitriles is 1. The highest BCUT2D eigenvalue weighted by Gasteiger charge is 2.03. The fourth-order valence-electron chi connectivity index (χ4n) is 1.32. The molecule has 1 aromatic heterocycles. The van der Waals surface area contributed by atoms with E-state index in [0.29, 0.717) is 12.0 Å². The number of rotatable bonds is 2. The zero-order valence-corrected chi connectivity index (χ0v) is 7.53. The Kier molecular flexibility index (Phi) is 2.33. The molecule has 0 saturated carbocycles. The van der Waals surface area contributed by atoms with Gasteiger partial charge in [-0.3, -0.25) is 0 Å². The molecule has 0 atom stereocenters. The maximum Gasteiger partial charge on any atom is 0.108 e. The van der Waals surface area contributed by atoms with E-state index in [1.165, 1.54) is 0 Å². The molecule has 1 heterocycles. The van der Waals surface area contributed by atoms with Crippen LogP contribution in [-0.4, -0.2) is 0 Å². The van der Waals surface area contributed by atoms with E-state index >= 15 is 0 Å². The minimum Gasteiger partial charge on any atom is -0.469 e. The second-order valence-corrected chi connectivity index (χ2v) is 2.95. The third-order valence-electron chi connectivity index (χ3n) is 2.02. The van der Waals surface area contributed by atoms with Crippen LogP contribution in [0.25, 0.3) is 0 Å². The number of furan rings is 1. The van der Waals surface area contributed by atoms with Crippen molar-refractivity contribution in [2.45, 2.75) is 6.42 Å². The zero-order chi connectivity index (χ0) is 9.80. The predicted molar refractivity (Wildman–Crippen MR) is 51.5 cm³/mol. The van der Waals surface area contributed by atoms with Crippen molar-refractivity contribution in [3.05, 3.63) is 59.5 Å². The maximum atomic E-state index is 8.85. The highest BCUT2D eigenvalue weighted by Crippen LogP contribution is 2.13. The highest BCUT2D eigenvalue weighted by atomic mass is 16.3. The van der Waals surface area contributed by atoms with Crippen LogP contribution in [0, 0.1) is 17.4 Å². The largest absolute Gasteiger partial charge is 0.469 e. The van der Waals surface area contributed by atoms with E-state index in [0.717, 1.165) is 11.3 Å². The summed E-state index contributed by atoms with van der Waals surface area (Å²) in [5.41, 5.74) is 1.63. The second-order valence-electron chi connectivity index (χ2n) is 2.95. The summed E-state index contributed by atoms with van der Waals surface area (Å²) < 4.78 is 5.22. The molecule has 0 spiro atoms. The Morgan fingerprint density at radius 3 is 3.07 bits per heavy atom. The quantitative estimate of drug-likeness (QED) is 0.715. The first-order valence-corrected chi connectivity index (χ1v) is 4.31. The van der Waals surface area contributed by atoms with Gasteiger partial charge in [-0.05, 0) is 29.8 Å². The van der Waals surface area contributed by atoms with Crippen LogP contribution in [0.1, 0.15) is 16.9 Å². The Morgan fingerprint density at radius 1 is 1.43 bits per heavy atom. The topological polar surface area (TPSA) is 36.9 Å². The fourth-order valence-corrected chi connectivity index (χ4v) is 1.32. The monoisotopic (exact) mass is 182 g/mol. The van der Waals surface area contributed by atoms with Crippen LogP contribution < -0.4 is 0 Å². The van der Waals surface area contributed by atoms with Crippen LogP contribution in [0.2, 0.25) is 0 Å². The molecule has 0 amide bonds. The van der Waals surface area contributed by atoms with E-state index in [1.807, 2.05) is 18.2 Å². The van der Waals surface area contributed by atoms with Crippen molar-refractivity contribution in [3.63, 3.8) is 0 Å². The zero-order valence-electron chi connectivity index (χ0n) is 7.53. The lowest BCUT2D eigenvalue weighted by Gasteiger charge is -1.99. The Balaban J connectivity index is 2.30. The van der Waals surface area contributed by atoms with E-state index in [9.17, 15) is 0 Å². The minimum absolute atomic E-state index is 0.656. The average Bonchev–Trinajstić information content (AvgIpc) is 2.71. The molecule has 2 aromatic rings. The van der Waals surface area contributed by atoms with Gasteiger partial charge in [0, 0.05) is 6.42 Å². The predicted octanol–water partition coefficient (Wildman–Crippen LogP) is 2.54. The molecule has 0 aliphatic rings.